The van der Waals surface area contributed by atoms with E-state index >= 15 is 0 Å². The molecular formula is C13H12N2O. The predicted octanol–water partition coefficient (Wildman–Crippen LogP) is 2.85. The largest absolute Gasteiger partial charge is 0.507 e. The van der Waals surface area contributed by atoms with E-state index in [0.717, 1.165) is 5.56 Å². The van der Waals surface area contributed by atoms with Crippen LogP contribution in [0.5, 0.6) is 5.75 Å². The summed E-state index contributed by atoms with van der Waals surface area (Å²) in [5, 5.41) is 9.76. The second-order valence-electron chi connectivity index (χ2n) is 3.46. The summed E-state index contributed by atoms with van der Waals surface area (Å²) in [6.07, 6.45) is 3.30. The summed E-state index contributed by atoms with van der Waals surface area (Å²) < 4.78 is 0. The molecule has 0 radical (unpaired) electrons. The van der Waals surface area contributed by atoms with Gasteiger partial charge in [0.25, 0.3) is 0 Å². The molecular weight excluding hydrogens is 200 g/mol. The summed E-state index contributed by atoms with van der Waals surface area (Å²) in [5.74, 6) is 0.894. The normalized spacial score (nSPS) is 10.8. The van der Waals surface area contributed by atoms with Crippen LogP contribution in [0.4, 0.5) is 5.82 Å². The van der Waals surface area contributed by atoms with Crippen LogP contribution in [-0.4, -0.2) is 16.3 Å². The molecule has 3 heteroatoms. The van der Waals surface area contributed by atoms with E-state index < -0.39 is 0 Å². The van der Waals surface area contributed by atoms with E-state index in [0.29, 0.717) is 11.4 Å². The molecule has 0 spiro atoms. The zero-order valence-electron chi connectivity index (χ0n) is 8.96. The number of hydrogen-bond donors (Lipinski definition) is 1. The molecule has 1 aromatic carbocycles. The quantitative estimate of drug-likeness (QED) is 0.778. The highest BCUT2D eigenvalue weighted by Gasteiger charge is 2.00. The van der Waals surface area contributed by atoms with Crippen molar-refractivity contribution in [3.63, 3.8) is 0 Å². The standard InChI is InChI=1S/C13H12N2O/c1-10-5-4-6-11(13(10)16)9-15-12-7-2-3-8-14-12/h2-9,16H,1H3/b15-9+. The summed E-state index contributed by atoms with van der Waals surface area (Å²) in [6, 6.07) is 11.1. The summed E-state index contributed by atoms with van der Waals surface area (Å²) in [7, 11) is 0. The van der Waals surface area contributed by atoms with Crippen molar-refractivity contribution in [1.82, 2.24) is 4.98 Å². The maximum Gasteiger partial charge on any atom is 0.151 e. The lowest BCUT2D eigenvalue weighted by molar-refractivity contribution is 0.470. The van der Waals surface area contributed by atoms with Crippen LogP contribution in [-0.2, 0) is 0 Å². The second kappa shape index (κ2) is 4.57. The van der Waals surface area contributed by atoms with Gasteiger partial charge in [0.05, 0.1) is 0 Å². The van der Waals surface area contributed by atoms with Crippen molar-refractivity contribution in [2.45, 2.75) is 6.92 Å². The Morgan fingerprint density at radius 1 is 1.19 bits per heavy atom. The Morgan fingerprint density at radius 2 is 2.06 bits per heavy atom. The van der Waals surface area contributed by atoms with Crippen LogP contribution in [0.2, 0.25) is 0 Å². The van der Waals surface area contributed by atoms with Gasteiger partial charge < -0.3 is 5.11 Å². The van der Waals surface area contributed by atoms with Gasteiger partial charge in [0, 0.05) is 18.0 Å². The third-order valence-electron chi connectivity index (χ3n) is 2.25. The number of pyridine rings is 1. The molecule has 2 aromatic rings. The smallest absolute Gasteiger partial charge is 0.151 e. The molecule has 0 aliphatic rings. The van der Waals surface area contributed by atoms with E-state index in [-0.39, 0.29) is 5.75 Å². The summed E-state index contributed by atoms with van der Waals surface area (Å²) in [4.78, 5) is 8.25. The number of phenols is 1. The molecule has 0 fully saturated rings. The van der Waals surface area contributed by atoms with Crippen LogP contribution in [0.25, 0.3) is 0 Å². The van der Waals surface area contributed by atoms with E-state index in [2.05, 4.69) is 9.98 Å². The molecule has 1 N–H and O–H groups in total. The molecule has 80 valence electrons. The number of para-hydroxylation sites is 1. The van der Waals surface area contributed by atoms with E-state index in [1.54, 1.807) is 12.4 Å². The maximum atomic E-state index is 9.76. The zero-order valence-corrected chi connectivity index (χ0v) is 8.96. The number of benzene rings is 1. The Labute approximate surface area is 94.1 Å². The lowest BCUT2D eigenvalue weighted by atomic mass is 10.1. The van der Waals surface area contributed by atoms with Gasteiger partial charge in [0.1, 0.15) is 5.75 Å². The Hall–Kier alpha value is -2.16. The van der Waals surface area contributed by atoms with E-state index in [1.165, 1.54) is 0 Å². The lowest BCUT2D eigenvalue weighted by Gasteiger charge is -2.01. The van der Waals surface area contributed by atoms with Crippen molar-refractivity contribution >= 4 is 12.0 Å². The molecule has 0 amide bonds. The molecule has 3 nitrogen and oxygen atoms in total. The zero-order chi connectivity index (χ0) is 11.4. The molecule has 0 saturated heterocycles. The topological polar surface area (TPSA) is 45.5 Å². The van der Waals surface area contributed by atoms with Gasteiger partial charge in [0.2, 0.25) is 0 Å². The van der Waals surface area contributed by atoms with Gasteiger partial charge in [-0.25, -0.2) is 9.98 Å². The molecule has 0 unspecified atom stereocenters. The van der Waals surface area contributed by atoms with Gasteiger partial charge in [-0.3, -0.25) is 0 Å². The number of rotatable bonds is 2. The van der Waals surface area contributed by atoms with Crippen LogP contribution in [0.15, 0.2) is 47.6 Å². The van der Waals surface area contributed by atoms with Crippen molar-refractivity contribution in [2.24, 2.45) is 4.99 Å². The molecule has 0 aliphatic heterocycles. The van der Waals surface area contributed by atoms with E-state index in [4.69, 9.17) is 0 Å². The molecule has 0 atom stereocenters. The fraction of sp³-hybridized carbons (Fsp3) is 0.0769. The number of aromatic nitrogens is 1. The first-order valence-electron chi connectivity index (χ1n) is 5.01. The van der Waals surface area contributed by atoms with Gasteiger partial charge in [0.15, 0.2) is 5.82 Å². The Bertz CT molecular complexity index is 507. The molecule has 2 rings (SSSR count). The lowest BCUT2D eigenvalue weighted by Crippen LogP contribution is -1.85. The number of nitrogens with zero attached hydrogens (tertiary/aromatic N) is 2. The molecule has 0 aliphatic carbocycles. The monoisotopic (exact) mass is 212 g/mol. The third-order valence-corrected chi connectivity index (χ3v) is 2.25. The van der Waals surface area contributed by atoms with Crippen LogP contribution in [0.1, 0.15) is 11.1 Å². The minimum atomic E-state index is 0.266. The fourth-order valence-corrected chi connectivity index (χ4v) is 1.35. The minimum Gasteiger partial charge on any atom is -0.507 e. The van der Waals surface area contributed by atoms with Crippen molar-refractivity contribution in [2.75, 3.05) is 0 Å². The first-order chi connectivity index (χ1) is 7.77. The van der Waals surface area contributed by atoms with Gasteiger partial charge in [-0.15, -0.1) is 0 Å². The number of phenolic OH excluding ortho intramolecular Hbond substituents is 1. The Balaban J connectivity index is 2.28. The highest BCUT2D eigenvalue weighted by Crippen LogP contribution is 2.20. The fourth-order valence-electron chi connectivity index (χ4n) is 1.35. The SMILES string of the molecule is Cc1cccc(/C=N/c2ccccn2)c1O. The molecule has 16 heavy (non-hydrogen) atoms. The first kappa shape index (κ1) is 10.4. The van der Waals surface area contributed by atoms with Crippen LogP contribution in [0.3, 0.4) is 0 Å². The molecule has 1 heterocycles. The van der Waals surface area contributed by atoms with Gasteiger partial charge >= 0.3 is 0 Å². The highest BCUT2D eigenvalue weighted by molar-refractivity contribution is 5.85. The predicted molar refractivity (Wildman–Crippen MR) is 64.3 cm³/mol. The van der Waals surface area contributed by atoms with Crippen LogP contribution in [0, 0.1) is 6.92 Å². The average Bonchev–Trinajstić information content (AvgIpc) is 2.32. The van der Waals surface area contributed by atoms with Crippen LogP contribution >= 0.6 is 0 Å². The molecule has 1 aromatic heterocycles. The summed E-state index contributed by atoms with van der Waals surface area (Å²) in [6.45, 7) is 1.85. The van der Waals surface area contributed by atoms with E-state index in [1.807, 2.05) is 43.3 Å². The van der Waals surface area contributed by atoms with Crippen molar-refractivity contribution < 1.29 is 5.11 Å². The van der Waals surface area contributed by atoms with Crippen molar-refractivity contribution in [3.8, 4) is 5.75 Å². The van der Waals surface area contributed by atoms with Crippen molar-refractivity contribution in [3.05, 3.63) is 53.7 Å². The molecule has 0 bridgehead atoms. The minimum absolute atomic E-state index is 0.266. The number of aryl methyl sites for hydroxylation is 1. The Morgan fingerprint density at radius 3 is 2.81 bits per heavy atom. The van der Waals surface area contributed by atoms with Gasteiger partial charge in [-0.1, -0.05) is 18.2 Å². The van der Waals surface area contributed by atoms with E-state index in [9.17, 15) is 5.11 Å². The molecule has 0 saturated carbocycles. The number of hydrogen-bond acceptors (Lipinski definition) is 3. The Kier molecular flexibility index (Phi) is 2.96. The maximum absolute atomic E-state index is 9.76. The second-order valence-corrected chi connectivity index (χ2v) is 3.46. The third kappa shape index (κ3) is 2.25. The number of aromatic hydroxyl groups is 1. The van der Waals surface area contributed by atoms with Gasteiger partial charge in [-0.05, 0) is 30.7 Å². The highest BCUT2D eigenvalue weighted by atomic mass is 16.3. The average molecular weight is 212 g/mol. The summed E-state index contributed by atoms with van der Waals surface area (Å²) >= 11 is 0. The van der Waals surface area contributed by atoms with Crippen LogP contribution < -0.4 is 0 Å². The number of aliphatic imine (C=N–C) groups is 1. The van der Waals surface area contributed by atoms with Gasteiger partial charge in [-0.2, -0.15) is 0 Å². The first-order valence-corrected chi connectivity index (χ1v) is 5.01. The van der Waals surface area contributed by atoms with Crippen molar-refractivity contribution in [1.29, 1.82) is 0 Å². The summed E-state index contributed by atoms with van der Waals surface area (Å²) in [5.41, 5.74) is 1.54.